The van der Waals surface area contributed by atoms with Crippen molar-refractivity contribution >= 4 is 5.90 Å². The van der Waals surface area contributed by atoms with Gasteiger partial charge in [0.25, 0.3) is 0 Å². The Balaban J connectivity index is 1.72. The highest BCUT2D eigenvalue weighted by Crippen LogP contribution is 2.13. The van der Waals surface area contributed by atoms with E-state index in [-0.39, 0.29) is 0 Å². The van der Waals surface area contributed by atoms with Crippen LogP contribution in [0.5, 0.6) is 0 Å². The minimum absolute atomic E-state index is 0.893. The van der Waals surface area contributed by atoms with E-state index >= 15 is 0 Å². The van der Waals surface area contributed by atoms with E-state index in [9.17, 15) is 0 Å². The molecule has 22 heavy (non-hydrogen) atoms. The molecule has 0 aromatic carbocycles. The van der Waals surface area contributed by atoms with Crippen LogP contribution < -0.4 is 0 Å². The van der Waals surface area contributed by atoms with E-state index in [1.54, 1.807) is 0 Å². The molecule has 0 saturated carbocycles. The maximum Gasteiger partial charge on any atom is 0.333 e. The summed E-state index contributed by atoms with van der Waals surface area (Å²) in [6.45, 7) is 7.58. The largest absolute Gasteiger partial charge is 0.442 e. The SMILES string of the molecule is CCCCCCCCCCCCCCCC[N+]1=C(C)OCC1. The molecule has 0 radical (unpaired) electrons. The number of hydrogen-bond acceptors (Lipinski definition) is 1. The van der Waals surface area contributed by atoms with Gasteiger partial charge in [-0.1, -0.05) is 84.0 Å². The standard InChI is InChI=1S/C20H40NO/c1-3-4-5-6-7-8-9-10-11-12-13-14-15-16-17-21-18-19-22-20(21)2/h3-19H2,1-2H3/q+1. The fraction of sp³-hybridized carbons (Fsp3) is 0.950. The lowest BCUT2D eigenvalue weighted by Crippen LogP contribution is -2.15. The van der Waals surface area contributed by atoms with Crippen molar-refractivity contribution in [2.75, 3.05) is 19.7 Å². The van der Waals surface area contributed by atoms with Gasteiger partial charge in [0.1, 0.15) is 6.54 Å². The molecular weight excluding hydrogens is 270 g/mol. The number of unbranched alkanes of at least 4 members (excludes halogenated alkanes) is 13. The molecule has 0 aromatic rings. The van der Waals surface area contributed by atoms with Gasteiger partial charge in [0.15, 0.2) is 13.2 Å². The van der Waals surface area contributed by atoms with Crippen molar-refractivity contribution in [2.24, 2.45) is 0 Å². The van der Waals surface area contributed by atoms with Crippen LogP contribution in [0, 0.1) is 0 Å². The van der Waals surface area contributed by atoms with Gasteiger partial charge in [-0.2, -0.15) is 4.58 Å². The van der Waals surface area contributed by atoms with Crippen LogP contribution in [0.25, 0.3) is 0 Å². The number of ether oxygens (including phenoxy) is 1. The summed E-state index contributed by atoms with van der Waals surface area (Å²) in [6, 6.07) is 0. The monoisotopic (exact) mass is 310 g/mol. The molecule has 0 N–H and O–H groups in total. The van der Waals surface area contributed by atoms with E-state index in [0.717, 1.165) is 19.0 Å². The van der Waals surface area contributed by atoms with Gasteiger partial charge in [-0.3, -0.25) is 0 Å². The van der Waals surface area contributed by atoms with Crippen LogP contribution in [0.4, 0.5) is 0 Å². The van der Waals surface area contributed by atoms with Crippen molar-refractivity contribution in [3.05, 3.63) is 0 Å². The Morgan fingerprint density at radius 2 is 1.18 bits per heavy atom. The summed E-state index contributed by atoms with van der Waals surface area (Å²) in [5, 5.41) is 0. The zero-order chi connectivity index (χ0) is 15.9. The predicted octanol–water partition coefficient (Wildman–Crippen LogP) is 5.93. The minimum Gasteiger partial charge on any atom is -0.442 e. The van der Waals surface area contributed by atoms with Crippen LogP contribution >= 0.6 is 0 Å². The Morgan fingerprint density at radius 3 is 1.59 bits per heavy atom. The molecule has 1 rings (SSSR count). The van der Waals surface area contributed by atoms with Gasteiger partial charge in [-0.05, 0) is 6.42 Å². The second-order valence-corrected chi connectivity index (χ2v) is 6.95. The second-order valence-electron chi connectivity index (χ2n) is 6.95. The van der Waals surface area contributed by atoms with Crippen molar-refractivity contribution in [2.45, 2.75) is 104 Å². The van der Waals surface area contributed by atoms with Crippen LogP contribution in [-0.4, -0.2) is 30.2 Å². The molecule has 0 amide bonds. The minimum atomic E-state index is 0.893. The molecular formula is C20H40NO+. The van der Waals surface area contributed by atoms with Crippen molar-refractivity contribution < 1.29 is 9.31 Å². The summed E-state index contributed by atoms with van der Waals surface area (Å²) in [5.74, 6) is 1.13. The van der Waals surface area contributed by atoms with E-state index in [4.69, 9.17) is 4.74 Å². The first kappa shape index (κ1) is 19.5. The molecule has 0 saturated heterocycles. The highest BCUT2D eigenvalue weighted by atomic mass is 16.5. The van der Waals surface area contributed by atoms with Crippen LogP contribution in [0.1, 0.15) is 104 Å². The molecule has 1 aliphatic heterocycles. The highest BCUT2D eigenvalue weighted by Gasteiger charge is 2.17. The van der Waals surface area contributed by atoms with Gasteiger partial charge in [-0.15, -0.1) is 0 Å². The maximum atomic E-state index is 5.48. The molecule has 2 nitrogen and oxygen atoms in total. The Hall–Kier alpha value is -0.530. The first-order valence-corrected chi connectivity index (χ1v) is 10.1. The Bertz CT molecular complexity index is 285. The Labute approximate surface area is 139 Å². The van der Waals surface area contributed by atoms with Crippen molar-refractivity contribution in [1.82, 2.24) is 0 Å². The molecule has 2 heteroatoms. The third-order valence-corrected chi connectivity index (χ3v) is 4.90. The zero-order valence-electron chi connectivity index (χ0n) is 15.4. The lowest BCUT2D eigenvalue weighted by molar-refractivity contribution is -0.519. The third-order valence-electron chi connectivity index (χ3n) is 4.90. The van der Waals surface area contributed by atoms with Crippen LogP contribution in [0.2, 0.25) is 0 Å². The normalized spacial score (nSPS) is 14.6. The summed E-state index contributed by atoms with van der Waals surface area (Å²) in [6.07, 6.45) is 20.1. The van der Waals surface area contributed by atoms with Crippen molar-refractivity contribution in [3.8, 4) is 0 Å². The average molecular weight is 311 g/mol. The van der Waals surface area contributed by atoms with Crippen LogP contribution in [0.3, 0.4) is 0 Å². The average Bonchev–Trinajstić information content (AvgIpc) is 2.93. The highest BCUT2D eigenvalue weighted by molar-refractivity contribution is 5.68. The van der Waals surface area contributed by atoms with Crippen molar-refractivity contribution in [3.63, 3.8) is 0 Å². The lowest BCUT2D eigenvalue weighted by atomic mass is 10.0. The summed E-state index contributed by atoms with van der Waals surface area (Å²) in [7, 11) is 0. The van der Waals surface area contributed by atoms with Gasteiger partial charge in [0.05, 0.1) is 6.92 Å². The van der Waals surface area contributed by atoms with E-state index in [0.29, 0.717) is 0 Å². The molecule has 0 aliphatic carbocycles. The van der Waals surface area contributed by atoms with Crippen LogP contribution in [0.15, 0.2) is 0 Å². The molecule has 1 heterocycles. The smallest absolute Gasteiger partial charge is 0.333 e. The quantitative estimate of drug-likeness (QED) is 0.270. The van der Waals surface area contributed by atoms with Gasteiger partial charge in [0.2, 0.25) is 0 Å². The van der Waals surface area contributed by atoms with Gasteiger partial charge >= 0.3 is 5.90 Å². The summed E-state index contributed by atoms with van der Waals surface area (Å²) < 4.78 is 7.87. The van der Waals surface area contributed by atoms with Crippen molar-refractivity contribution in [1.29, 1.82) is 0 Å². The maximum absolute atomic E-state index is 5.48. The lowest BCUT2D eigenvalue weighted by Gasteiger charge is -2.03. The summed E-state index contributed by atoms with van der Waals surface area (Å²) >= 11 is 0. The Morgan fingerprint density at radius 1 is 0.727 bits per heavy atom. The third kappa shape index (κ3) is 10.2. The first-order valence-electron chi connectivity index (χ1n) is 10.1. The fourth-order valence-corrected chi connectivity index (χ4v) is 3.32. The first-order chi connectivity index (χ1) is 10.8. The number of rotatable bonds is 15. The van der Waals surface area contributed by atoms with Gasteiger partial charge < -0.3 is 4.74 Å². The second kappa shape index (κ2) is 14.1. The molecule has 0 aromatic heterocycles. The molecule has 0 fully saturated rings. The number of nitrogens with zero attached hydrogens (tertiary/aromatic N) is 1. The fourth-order valence-electron chi connectivity index (χ4n) is 3.32. The Kier molecular flexibility index (Phi) is 12.5. The zero-order valence-corrected chi connectivity index (χ0v) is 15.4. The number of hydrogen-bond donors (Lipinski definition) is 0. The topological polar surface area (TPSA) is 12.2 Å². The summed E-state index contributed by atoms with van der Waals surface area (Å²) in [4.78, 5) is 0. The summed E-state index contributed by atoms with van der Waals surface area (Å²) in [5.41, 5.74) is 0. The van der Waals surface area contributed by atoms with Crippen LogP contribution in [-0.2, 0) is 4.74 Å². The molecule has 0 bridgehead atoms. The van der Waals surface area contributed by atoms with E-state index in [1.807, 2.05) is 0 Å². The van der Waals surface area contributed by atoms with Gasteiger partial charge in [0, 0.05) is 6.42 Å². The molecule has 0 unspecified atom stereocenters. The van der Waals surface area contributed by atoms with Gasteiger partial charge in [-0.25, -0.2) is 0 Å². The predicted molar refractivity (Wildman–Crippen MR) is 96.9 cm³/mol. The molecule has 0 atom stereocenters. The van der Waals surface area contributed by atoms with E-state index < -0.39 is 0 Å². The molecule has 1 aliphatic rings. The van der Waals surface area contributed by atoms with E-state index in [1.165, 1.54) is 96.4 Å². The molecule has 130 valence electrons. The van der Waals surface area contributed by atoms with E-state index in [2.05, 4.69) is 18.4 Å². The molecule has 0 spiro atoms.